The number of carboxylic acid groups (broad SMARTS) is 1. The zero-order chi connectivity index (χ0) is 20.3. The van der Waals surface area contributed by atoms with Gasteiger partial charge in [-0.2, -0.15) is 4.39 Å². The van der Waals surface area contributed by atoms with E-state index in [4.69, 9.17) is 4.74 Å². The van der Waals surface area contributed by atoms with Gasteiger partial charge in [0.1, 0.15) is 0 Å². The van der Waals surface area contributed by atoms with Crippen molar-refractivity contribution in [1.82, 2.24) is 9.88 Å². The monoisotopic (exact) mass is 391 g/mol. The van der Waals surface area contributed by atoms with Gasteiger partial charge in [0, 0.05) is 19.2 Å². The Balaban J connectivity index is 1.63. The van der Waals surface area contributed by atoms with Crippen LogP contribution in [0.15, 0.2) is 36.5 Å². The van der Waals surface area contributed by atoms with Gasteiger partial charge in [-0.05, 0) is 30.5 Å². The molecule has 2 aromatic rings. The number of hydrogen-bond donors (Lipinski definition) is 2. The van der Waals surface area contributed by atoms with Crippen molar-refractivity contribution < 1.29 is 28.2 Å². The number of ether oxygens (including phenoxy) is 1. The van der Waals surface area contributed by atoms with Gasteiger partial charge in [0.05, 0.1) is 17.8 Å². The topological polar surface area (TPSA) is 91.8 Å². The number of carbonyl (C=O) groups excluding carboxylic acids is 1. The van der Waals surface area contributed by atoms with E-state index in [2.05, 4.69) is 10.3 Å². The molecular formula is C19H19F2N3O4. The zero-order valence-electron chi connectivity index (χ0n) is 15.1. The van der Waals surface area contributed by atoms with Gasteiger partial charge in [-0.25, -0.2) is 14.2 Å². The highest BCUT2D eigenvalue weighted by atomic mass is 19.2. The Bertz CT molecular complexity index is 876. The SMILES string of the molecule is CC1CC(C(=O)O)CN(C(=O)Nc2ccc(Oc3cccc(F)c3F)nc2)C1. The predicted molar refractivity (Wildman–Crippen MR) is 96.2 cm³/mol. The third-order valence-electron chi connectivity index (χ3n) is 4.41. The van der Waals surface area contributed by atoms with Crippen molar-refractivity contribution in [2.75, 3.05) is 18.4 Å². The normalized spacial score (nSPS) is 19.2. The predicted octanol–water partition coefficient (Wildman–Crippen LogP) is 3.73. The first-order valence-electron chi connectivity index (χ1n) is 8.70. The van der Waals surface area contributed by atoms with E-state index in [-0.39, 0.29) is 24.1 Å². The molecule has 0 saturated carbocycles. The number of nitrogens with zero attached hydrogens (tertiary/aromatic N) is 2. The van der Waals surface area contributed by atoms with E-state index in [1.807, 2.05) is 6.92 Å². The molecule has 7 nitrogen and oxygen atoms in total. The van der Waals surface area contributed by atoms with Crippen LogP contribution in [0.5, 0.6) is 11.6 Å². The number of hydrogen-bond acceptors (Lipinski definition) is 4. The Morgan fingerprint density at radius 1 is 1.25 bits per heavy atom. The second-order valence-electron chi connectivity index (χ2n) is 6.75. The number of urea groups is 1. The fourth-order valence-corrected chi connectivity index (χ4v) is 3.09. The lowest BCUT2D eigenvalue weighted by Crippen LogP contribution is -2.47. The van der Waals surface area contributed by atoms with Crippen molar-refractivity contribution in [3.63, 3.8) is 0 Å². The number of pyridine rings is 1. The summed E-state index contributed by atoms with van der Waals surface area (Å²) in [6.07, 6.45) is 1.84. The molecule has 9 heteroatoms. The number of nitrogens with one attached hydrogen (secondary N) is 1. The molecule has 1 aromatic heterocycles. The molecule has 2 heterocycles. The van der Waals surface area contributed by atoms with Crippen molar-refractivity contribution in [1.29, 1.82) is 0 Å². The minimum absolute atomic E-state index is 0.0278. The van der Waals surface area contributed by atoms with Gasteiger partial charge in [0.15, 0.2) is 11.6 Å². The van der Waals surface area contributed by atoms with E-state index in [9.17, 15) is 23.5 Å². The molecule has 2 amide bonds. The number of rotatable bonds is 4. The molecule has 0 bridgehead atoms. The Hall–Kier alpha value is -3.23. The molecule has 28 heavy (non-hydrogen) atoms. The maximum atomic E-state index is 13.6. The second-order valence-corrected chi connectivity index (χ2v) is 6.75. The number of benzene rings is 1. The van der Waals surface area contributed by atoms with Crippen LogP contribution in [0.1, 0.15) is 13.3 Å². The summed E-state index contributed by atoms with van der Waals surface area (Å²) in [5, 5.41) is 11.8. The number of anilines is 1. The summed E-state index contributed by atoms with van der Waals surface area (Å²) < 4.78 is 32.0. The van der Waals surface area contributed by atoms with E-state index in [1.54, 1.807) is 0 Å². The lowest BCUT2D eigenvalue weighted by Gasteiger charge is -2.34. The number of likely N-dealkylation sites (tertiary alicyclic amines) is 1. The molecule has 2 unspecified atom stereocenters. The first kappa shape index (κ1) is 19.5. The van der Waals surface area contributed by atoms with Crippen LogP contribution in [0, 0.1) is 23.5 Å². The van der Waals surface area contributed by atoms with Crippen molar-refractivity contribution in [3.05, 3.63) is 48.2 Å². The maximum Gasteiger partial charge on any atom is 0.321 e. The molecule has 0 spiro atoms. The molecule has 1 aliphatic rings. The zero-order valence-corrected chi connectivity index (χ0v) is 15.1. The fourth-order valence-electron chi connectivity index (χ4n) is 3.09. The number of carbonyl (C=O) groups is 2. The number of piperidine rings is 1. The number of aromatic nitrogens is 1. The fraction of sp³-hybridized carbons (Fsp3) is 0.316. The molecule has 2 atom stereocenters. The highest BCUT2D eigenvalue weighted by molar-refractivity contribution is 5.89. The highest BCUT2D eigenvalue weighted by Gasteiger charge is 2.31. The Morgan fingerprint density at radius 2 is 2.04 bits per heavy atom. The maximum absolute atomic E-state index is 13.6. The van der Waals surface area contributed by atoms with Crippen LogP contribution in [0.4, 0.5) is 19.3 Å². The summed E-state index contributed by atoms with van der Waals surface area (Å²) in [6, 6.07) is 6.03. The molecule has 148 valence electrons. The molecule has 1 aromatic carbocycles. The van der Waals surface area contributed by atoms with Gasteiger partial charge < -0.3 is 20.1 Å². The van der Waals surface area contributed by atoms with Crippen molar-refractivity contribution in [3.8, 4) is 11.6 Å². The van der Waals surface area contributed by atoms with Crippen molar-refractivity contribution in [2.45, 2.75) is 13.3 Å². The van der Waals surface area contributed by atoms with Crippen LogP contribution in [-0.4, -0.2) is 40.1 Å². The van der Waals surface area contributed by atoms with Gasteiger partial charge in [0.25, 0.3) is 0 Å². The molecule has 1 aliphatic heterocycles. The van der Waals surface area contributed by atoms with Crippen LogP contribution in [0.3, 0.4) is 0 Å². The number of amides is 2. The summed E-state index contributed by atoms with van der Waals surface area (Å²) in [7, 11) is 0. The molecule has 0 radical (unpaired) electrons. The Morgan fingerprint density at radius 3 is 2.71 bits per heavy atom. The van der Waals surface area contributed by atoms with Crippen LogP contribution >= 0.6 is 0 Å². The summed E-state index contributed by atoms with van der Waals surface area (Å²) in [6.45, 7) is 2.50. The number of halogens is 2. The summed E-state index contributed by atoms with van der Waals surface area (Å²) in [4.78, 5) is 29.1. The lowest BCUT2D eigenvalue weighted by atomic mass is 9.91. The molecule has 2 N–H and O–H groups in total. The van der Waals surface area contributed by atoms with Gasteiger partial charge in [0.2, 0.25) is 11.7 Å². The smallest absolute Gasteiger partial charge is 0.321 e. The van der Waals surface area contributed by atoms with E-state index < -0.39 is 29.6 Å². The van der Waals surface area contributed by atoms with E-state index in [0.29, 0.717) is 18.7 Å². The quantitative estimate of drug-likeness (QED) is 0.829. The van der Waals surface area contributed by atoms with Gasteiger partial charge in [-0.15, -0.1) is 0 Å². The van der Waals surface area contributed by atoms with Crippen molar-refractivity contribution in [2.24, 2.45) is 11.8 Å². The first-order chi connectivity index (χ1) is 13.3. The van der Waals surface area contributed by atoms with Gasteiger partial charge in [-0.3, -0.25) is 4.79 Å². The standard InChI is InChI=1S/C19H19F2N3O4/c1-11-7-12(18(25)26)10-24(9-11)19(27)23-13-5-6-16(22-8-13)28-15-4-2-3-14(20)17(15)21/h2-6,8,11-12H,7,9-10H2,1H3,(H,23,27)(H,25,26). The largest absolute Gasteiger partial charge is 0.481 e. The minimum Gasteiger partial charge on any atom is -0.481 e. The number of aliphatic carboxylic acids is 1. The average Bonchev–Trinajstić information content (AvgIpc) is 2.66. The third-order valence-corrected chi connectivity index (χ3v) is 4.41. The number of carboxylic acids is 1. The molecule has 1 fully saturated rings. The summed E-state index contributed by atoms with van der Waals surface area (Å²) in [5.74, 6) is -3.85. The summed E-state index contributed by atoms with van der Waals surface area (Å²) in [5.41, 5.74) is 0.363. The lowest BCUT2D eigenvalue weighted by molar-refractivity contribution is -0.143. The van der Waals surface area contributed by atoms with E-state index >= 15 is 0 Å². The van der Waals surface area contributed by atoms with Crippen LogP contribution in [0.2, 0.25) is 0 Å². The average molecular weight is 391 g/mol. The van der Waals surface area contributed by atoms with Crippen LogP contribution < -0.4 is 10.1 Å². The van der Waals surface area contributed by atoms with Crippen LogP contribution in [-0.2, 0) is 4.79 Å². The molecule has 3 rings (SSSR count). The van der Waals surface area contributed by atoms with E-state index in [0.717, 1.165) is 6.07 Å². The highest BCUT2D eigenvalue weighted by Crippen LogP contribution is 2.26. The minimum atomic E-state index is -1.12. The van der Waals surface area contributed by atoms with Gasteiger partial charge in [-0.1, -0.05) is 13.0 Å². The Labute approximate surface area is 159 Å². The van der Waals surface area contributed by atoms with Crippen molar-refractivity contribution >= 4 is 17.7 Å². The third kappa shape index (κ3) is 4.54. The second kappa shape index (κ2) is 8.20. The first-order valence-corrected chi connectivity index (χ1v) is 8.70. The van der Waals surface area contributed by atoms with E-state index in [1.165, 1.54) is 35.4 Å². The Kier molecular flexibility index (Phi) is 5.72. The summed E-state index contributed by atoms with van der Waals surface area (Å²) >= 11 is 0. The molecule has 1 saturated heterocycles. The van der Waals surface area contributed by atoms with Crippen LogP contribution in [0.25, 0.3) is 0 Å². The molecular weight excluding hydrogens is 372 g/mol. The van der Waals surface area contributed by atoms with Gasteiger partial charge >= 0.3 is 12.0 Å². The molecule has 0 aliphatic carbocycles.